The van der Waals surface area contributed by atoms with Gasteiger partial charge in [0, 0.05) is 36.8 Å². The molecule has 1 amide bonds. The summed E-state index contributed by atoms with van der Waals surface area (Å²) in [7, 11) is 0. The largest absolute Gasteiger partial charge is 0.389 e. The van der Waals surface area contributed by atoms with Crippen molar-refractivity contribution in [2.24, 2.45) is 5.92 Å². The van der Waals surface area contributed by atoms with Gasteiger partial charge in [0.15, 0.2) is 0 Å². The monoisotopic (exact) mass is 317 g/mol. The van der Waals surface area contributed by atoms with Gasteiger partial charge in [-0.3, -0.25) is 4.79 Å². The first-order valence-electron chi connectivity index (χ1n) is 7.68. The standard InChI is InChI=1S/C17H23N3O3/c1-13(2)10-23-11-16(21)9-19-17(22)14-3-5-15(6-4-14)20-8-7-18-12-20/h3-8,12-13,16,21H,9-11H2,1-2H3,(H,19,22). The Labute approximate surface area is 136 Å². The Hall–Kier alpha value is -2.18. The highest BCUT2D eigenvalue weighted by Crippen LogP contribution is 2.09. The highest BCUT2D eigenvalue weighted by Gasteiger charge is 2.10. The number of ether oxygens (including phenoxy) is 1. The third-order valence-electron chi connectivity index (χ3n) is 3.19. The fraction of sp³-hybridized carbons (Fsp3) is 0.412. The number of nitrogens with one attached hydrogen (secondary N) is 1. The molecule has 0 saturated heterocycles. The Morgan fingerprint density at radius 1 is 1.30 bits per heavy atom. The van der Waals surface area contributed by atoms with Gasteiger partial charge < -0.3 is 19.7 Å². The van der Waals surface area contributed by atoms with Gasteiger partial charge in [-0.15, -0.1) is 0 Å². The van der Waals surface area contributed by atoms with Gasteiger partial charge >= 0.3 is 0 Å². The first-order chi connectivity index (χ1) is 11.1. The van der Waals surface area contributed by atoms with Crippen LogP contribution in [0, 0.1) is 5.92 Å². The van der Waals surface area contributed by atoms with Gasteiger partial charge in [0.1, 0.15) is 0 Å². The van der Waals surface area contributed by atoms with Gasteiger partial charge in [-0.1, -0.05) is 13.8 Å². The molecule has 0 bridgehead atoms. The van der Waals surface area contributed by atoms with Crippen molar-refractivity contribution in [2.45, 2.75) is 20.0 Å². The first-order valence-corrected chi connectivity index (χ1v) is 7.68. The normalized spacial score (nSPS) is 12.3. The second-order valence-corrected chi connectivity index (χ2v) is 5.81. The minimum Gasteiger partial charge on any atom is -0.389 e. The lowest BCUT2D eigenvalue weighted by atomic mass is 10.2. The number of rotatable bonds is 8. The molecule has 0 radical (unpaired) electrons. The average Bonchev–Trinajstić information content (AvgIpc) is 3.07. The lowest BCUT2D eigenvalue weighted by molar-refractivity contribution is 0.0259. The zero-order valence-electron chi connectivity index (χ0n) is 13.5. The molecule has 0 fully saturated rings. The van der Waals surface area contributed by atoms with Crippen molar-refractivity contribution in [3.8, 4) is 5.69 Å². The number of hydrogen-bond acceptors (Lipinski definition) is 4. The van der Waals surface area contributed by atoms with E-state index in [0.717, 1.165) is 5.69 Å². The second kappa shape index (κ2) is 8.45. The van der Waals surface area contributed by atoms with Crippen LogP contribution in [0.4, 0.5) is 0 Å². The van der Waals surface area contributed by atoms with Crippen LogP contribution in [0.3, 0.4) is 0 Å². The van der Waals surface area contributed by atoms with Gasteiger partial charge in [0.25, 0.3) is 5.91 Å². The average molecular weight is 317 g/mol. The van der Waals surface area contributed by atoms with E-state index in [1.54, 1.807) is 24.7 Å². The maximum atomic E-state index is 12.0. The highest BCUT2D eigenvalue weighted by atomic mass is 16.5. The maximum absolute atomic E-state index is 12.0. The van der Waals surface area contributed by atoms with E-state index in [4.69, 9.17) is 4.74 Å². The number of imidazole rings is 1. The number of aromatic nitrogens is 2. The third-order valence-corrected chi connectivity index (χ3v) is 3.19. The van der Waals surface area contributed by atoms with Gasteiger partial charge in [0.05, 0.1) is 19.0 Å². The van der Waals surface area contributed by atoms with Crippen molar-refractivity contribution in [3.05, 3.63) is 48.5 Å². The molecular formula is C17H23N3O3. The number of carbonyl (C=O) groups is 1. The number of nitrogens with zero attached hydrogens (tertiary/aromatic N) is 2. The quantitative estimate of drug-likeness (QED) is 0.776. The molecule has 0 aliphatic heterocycles. The summed E-state index contributed by atoms with van der Waals surface area (Å²) in [6, 6.07) is 7.18. The van der Waals surface area contributed by atoms with Crippen molar-refractivity contribution in [1.29, 1.82) is 0 Å². The molecule has 2 aromatic rings. The predicted molar refractivity (Wildman–Crippen MR) is 87.6 cm³/mol. The summed E-state index contributed by atoms with van der Waals surface area (Å²) in [4.78, 5) is 16.0. The van der Waals surface area contributed by atoms with Gasteiger partial charge in [-0.25, -0.2) is 4.98 Å². The minimum atomic E-state index is -0.706. The SMILES string of the molecule is CC(C)COCC(O)CNC(=O)c1ccc(-n2ccnc2)cc1. The smallest absolute Gasteiger partial charge is 0.251 e. The van der Waals surface area contributed by atoms with E-state index in [1.807, 2.05) is 36.7 Å². The third kappa shape index (κ3) is 5.50. The van der Waals surface area contributed by atoms with E-state index < -0.39 is 6.10 Å². The summed E-state index contributed by atoms with van der Waals surface area (Å²) < 4.78 is 7.20. The van der Waals surface area contributed by atoms with Crippen molar-refractivity contribution in [3.63, 3.8) is 0 Å². The predicted octanol–water partition coefficient (Wildman–Crippen LogP) is 1.64. The molecule has 1 unspecified atom stereocenters. The van der Waals surface area contributed by atoms with E-state index in [0.29, 0.717) is 18.1 Å². The van der Waals surface area contributed by atoms with Crippen LogP contribution < -0.4 is 5.32 Å². The van der Waals surface area contributed by atoms with Crippen LogP contribution in [0.1, 0.15) is 24.2 Å². The van der Waals surface area contributed by atoms with Crippen molar-refractivity contribution in [2.75, 3.05) is 19.8 Å². The Kier molecular flexibility index (Phi) is 6.31. The van der Waals surface area contributed by atoms with Crippen LogP contribution in [0.2, 0.25) is 0 Å². The topological polar surface area (TPSA) is 76.4 Å². The number of aliphatic hydroxyl groups is 1. The lowest BCUT2D eigenvalue weighted by Crippen LogP contribution is -2.34. The van der Waals surface area contributed by atoms with Crippen LogP contribution in [-0.2, 0) is 4.74 Å². The molecule has 0 aliphatic carbocycles. The molecule has 1 heterocycles. The van der Waals surface area contributed by atoms with Crippen LogP contribution in [0.25, 0.3) is 5.69 Å². The molecule has 1 atom stereocenters. The molecule has 0 aliphatic rings. The lowest BCUT2D eigenvalue weighted by Gasteiger charge is -2.13. The fourth-order valence-corrected chi connectivity index (χ4v) is 2.01. The van der Waals surface area contributed by atoms with E-state index in [9.17, 15) is 9.90 Å². The molecular weight excluding hydrogens is 294 g/mol. The minimum absolute atomic E-state index is 0.167. The summed E-state index contributed by atoms with van der Waals surface area (Å²) in [5, 5.41) is 12.5. The summed E-state index contributed by atoms with van der Waals surface area (Å²) in [6.07, 6.45) is 4.53. The van der Waals surface area contributed by atoms with Crippen LogP contribution >= 0.6 is 0 Å². The van der Waals surface area contributed by atoms with Crippen molar-refractivity contribution < 1.29 is 14.6 Å². The molecule has 0 spiro atoms. The molecule has 2 N–H and O–H groups in total. The van der Waals surface area contributed by atoms with Gasteiger partial charge in [-0.05, 0) is 30.2 Å². The van der Waals surface area contributed by atoms with E-state index in [2.05, 4.69) is 10.3 Å². The van der Waals surface area contributed by atoms with Crippen LogP contribution in [0.5, 0.6) is 0 Å². The highest BCUT2D eigenvalue weighted by molar-refractivity contribution is 5.94. The summed E-state index contributed by atoms with van der Waals surface area (Å²) >= 11 is 0. The Morgan fingerprint density at radius 3 is 2.65 bits per heavy atom. The van der Waals surface area contributed by atoms with Crippen LogP contribution in [-0.4, -0.2) is 46.4 Å². The summed E-state index contributed by atoms with van der Waals surface area (Å²) in [6.45, 7) is 5.07. The van der Waals surface area contributed by atoms with E-state index in [-0.39, 0.29) is 19.1 Å². The summed E-state index contributed by atoms with van der Waals surface area (Å²) in [5.41, 5.74) is 1.48. The number of amides is 1. The first kappa shape index (κ1) is 17.2. The second-order valence-electron chi connectivity index (χ2n) is 5.81. The molecule has 1 aromatic carbocycles. The molecule has 0 saturated carbocycles. The maximum Gasteiger partial charge on any atom is 0.251 e. The number of carbonyl (C=O) groups excluding carboxylic acids is 1. The zero-order chi connectivity index (χ0) is 16.7. The summed E-state index contributed by atoms with van der Waals surface area (Å²) in [5.74, 6) is 0.205. The number of hydrogen-bond donors (Lipinski definition) is 2. The Balaban J connectivity index is 1.79. The molecule has 124 valence electrons. The van der Waals surface area contributed by atoms with E-state index >= 15 is 0 Å². The molecule has 6 nitrogen and oxygen atoms in total. The Morgan fingerprint density at radius 2 is 2.04 bits per heavy atom. The van der Waals surface area contributed by atoms with Crippen molar-refractivity contribution >= 4 is 5.91 Å². The molecule has 2 rings (SSSR count). The number of aliphatic hydroxyl groups excluding tert-OH is 1. The molecule has 6 heteroatoms. The molecule has 23 heavy (non-hydrogen) atoms. The molecule has 1 aromatic heterocycles. The number of benzene rings is 1. The van der Waals surface area contributed by atoms with Crippen LogP contribution in [0.15, 0.2) is 43.0 Å². The fourth-order valence-electron chi connectivity index (χ4n) is 2.01. The van der Waals surface area contributed by atoms with Crippen molar-refractivity contribution in [1.82, 2.24) is 14.9 Å². The van der Waals surface area contributed by atoms with Gasteiger partial charge in [0.2, 0.25) is 0 Å². The van der Waals surface area contributed by atoms with Gasteiger partial charge in [-0.2, -0.15) is 0 Å². The van der Waals surface area contributed by atoms with E-state index in [1.165, 1.54) is 0 Å². The zero-order valence-corrected chi connectivity index (χ0v) is 13.5. The Bertz CT molecular complexity index is 594.